The van der Waals surface area contributed by atoms with Crippen LogP contribution in [-0.4, -0.2) is 43.8 Å². The lowest BCUT2D eigenvalue weighted by Gasteiger charge is -2.06. The van der Waals surface area contributed by atoms with Crippen LogP contribution in [0, 0.1) is 0 Å². The summed E-state index contributed by atoms with van der Waals surface area (Å²) < 4.78 is 23.8. The highest BCUT2D eigenvalue weighted by Crippen LogP contribution is 2.05. The molecule has 8 heteroatoms. The van der Waals surface area contributed by atoms with E-state index in [0.29, 0.717) is 12.4 Å². The molecule has 1 rings (SSSR count). The Labute approximate surface area is 98.9 Å². The van der Waals surface area contributed by atoms with Crippen LogP contribution in [0.15, 0.2) is 18.3 Å². The third-order valence-corrected chi connectivity index (χ3v) is 2.53. The molecule has 0 saturated carbocycles. The highest BCUT2D eigenvalue weighted by atomic mass is 32.2. The van der Waals surface area contributed by atoms with Gasteiger partial charge >= 0.3 is 5.97 Å². The minimum absolute atomic E-state index is 0.124. The van der Waals surface area contributed by atoms with Gasteiger partial charge in [-0.2, -0.15) is 0 Å². The standard InChI is InChI=1S/C9H13N3O4S/c1-17(15,16)12-5-4-11-8-6-7(9(13)14)2-3-10-8/h2-3,6,12H,4-5H2,1H3,(H,10,11)(H,13,14). The van der Waals surface area contributed by atoms with Crippen molar-refractivity contribution in [1.82, 2.24) is 9.71 Å². The van der Waals surface area contributed by atoms with Crippen molar-refractivity contribution in [3.63, 3.8) is 0 Å². The SMILES string of the molecule is CS(=O)(=O)NCCNc1cc(C(=O)O)ccn1. The number of hydrogen-bond donors (Lipinski definition) is 3. The molecule has 0 spiro atoms. The molecule has 0 radical (unpaired) electrons. The molecule has 7 nitrogen and oxygen atoms in total. The molecule has 94 valence electrons. The second kappa shape index (κ2) is 5.60. The van der Waals surface area contributed by atoms with Crippen LogP contribution in [0.5, 0.6) is 0 Å². The van der Waals surface area contributed by atoms with Crippen LogP contribution >= 0.6 is 0 Å². The zero-order chi connectivity index (χ0) is 12.9. The molecule has 17 heavy (non-hydrogen) atoms. The first kappa shape index (κ1) is 13.4. The second-order valence-electron chi connectivity index (χ2n) is 3.33. The maximum Gasteiger partial charge on any atom is 0.335 e. The fraction of sp³-hybridized carbons (Fsp3) is 0.333. The lowest BCUT2D eigenvalue weighted by atomic mass is 10.2. The Bertz CT molecular complexity index is 501. The predicted octanol–water partition coefficient (Wildman–Crippen LogP) is -0.259. The molecule has 0 aliphatic carbocycles. The van der Waals surface area contributed by atoms with E-state index in [9.17, 15) is 13.2 Å². The van der Waals surface area contributed by atoms with E-state index in [-0.39, 0.29) is 12.1 Å². The Hall–Kier alpha value is -1.67. The Morgan fingerprint density at radius 2 is 2.18 bits per heavy atom. The van der Waals surface area contributed by atoms with E-state index in [1.165, 1.54) is 18.3 Å². The normalized spacial score (nSPS) is 11.1. The van der Waals surface area contributed by atoms with Crippen molar-refractivity contribution in [1.29, 1.82) is 0 Å². The number of pyridine rings is 1. The van der Waals surface area contributed by atoms with Gasteiger partial charge in [0.15, 0.2) is 0 Å². The molecular formula is C9H13N3O4S. The molecule has 0 aliphatic rings. The van der Waals surface area contributed by atoms with Crippen molar-refractivity contribution in [2.24, 2.45) is 0 Å². The maximum atomic E-state index is 10.8. The molecule has 0 atom stereocenters. The molecule has 1 heterocycles. The van der Waals surface area contributed by atoms with Crippen LogP contribution in [0.25, 0.3) is 0 Å². The molecule has 0 fully saturated rings. The van der Waals surface area contributed by atoms with Crippen molar-refractivity contribution in [2.45, 2.75) is 0 Å². The summed E-state index contributed by atoms with van der Waals surface area (Å²) in [6.45, 7) is 0.529. The van der Waals surface area contributed by atoms with Gasteiger partial charge in [-0.05, 0) is 12.1 Å². The van der Waals surface area contributed by atoms with Crippen molar-refractivity contribution in [3.8, 4) is 0 Å². The predicted molar refractivity (Wildman–Crippen MR) is 62.5 cm³/mol. The fourth-order valence-corrected chi connectivity index (χ4v) is 1.56. The van der Waals surface area contributed by atoms with Gasteiger partial charge in [0, 0.05) is 19.3 Å². The highest BCUT2D eigenvalue weighted by molar-refractivity contribution is 7.88. The van der Waals surface area contributed by atoms with E-state index in [2.05, 4.69) is 15.0 Å². The maximum absolute atomic E-state index is 10.8. The van der Waals surface area contributed by atoms with Gasteiger partial charge in [0.2, 0.25) is 10.0 Å². The van der Waals surface area contributed by atoms with Crippen LogP contribution in [0.4, 0.5) is 5.82 Å². The molecule has 1 aromatic heterocycles. The average Bonchev–Trinajstić information content (AvgIpc) is 2.23. The summed E-state index contributed by atoms with van der Waals surface area (Å²) in [5.74, 6) is -0.648. The van der Waals surface area contributed by atoms with Crippen molar-refractivity contribution < 1.29 is 18.3 Å². The Morgan fingerprint density at radius 3 is 2.76 bits per heavy atom. The molecular weight excluding hydrogens is 246 g/mol. The highest BCUT2D eigenvalue weighted by Gasteiger charge is 2.04. The Kier molecular flexibility index (Phi) is 4.41. The van der Waals surface area contributed by atoms with E-state index >= 15 is 0 Å². The van der Waals surface area contributed by atoms with Gasteiger partial charge in [0.1, 0.15) is 5.82 Å². The monoisotopic (exact) mass is 259 g/mol. The minimum atomic E-state index is -3.20. The first-order chi connectivity index (χ1) is 7.88. The molecule has 3 N–H and O–H groups in total. The summed E-state index contributed by atoms with van der Waals surface area (Å²) in [4.78, 5) is 14.6. The zero-order valence-corrected chi connectivity index (χ0v) is 9.99. The van der Waals surface area contributed by atoms with Crippen molar-refractivity contribution >= 4 is 21.8 Å². The van der Waals surface area contributed by atoms with Crippen LogP contribution in [0.3, 0.4) is 0 Å². The number of nitrogens with one attached hydrogen (secondary N) is 2. The second-order valence-corrected chi connectivity index (χ2v) is 5.16. The van der Waals surface area contributed by atoms with E-state index in [4.69, 9.17) is 5.11 Å². The molecule has 0 aromatic carbocycles. The molecule has 0 unspecified atom stereocenters. The zero-order valence-electron chi connectivity index (χ0n) is 9.17. The Morgan fingerprint density at radius 1 is 1.47 bits per heavy atom. The summed E-state index contributed by atoms with van der Waals surface area (Å²) in [6, 6.07) is 2.76. The topological polar surface area (TPSA) is 108 Å². The van der Waals surface area contributed by atoms with Crippen molar-refractivity contribution in [2.75, 3.05) is 24.7 Å². The quantitative estimate of drug-likeness (QED) is 0.607. The third-order valence-electron chi connectivity index (χ3n) is 1.80. The van der Waals surface area contributed by atoms with E-state index in [1.54, 1.807) is 0 Å². The van der Waals surface area contributed by atoms with Gasteiger partial charge < -0.3 is 10.4 Å². The first-order valence-electron chi connectivity index (χ1n) is 4.76. The number of hydrogen-bond acceptors (Lipinski definition) is 5. The Balaban J connectivity index is 2.47. The van der Waals surface area contributed by atoms with Crippen LogP contribution in [0.1, 0.15) is 10.4 Å². The van der Waals surface area contributed by atoms with E-state index in [1.807, 2.05) is 0 Å². The minimum Gasteiger partial charge on any atom is -0.478 e. The average molecular weight is 259 g/mol. The van der Waals surface area contributed by atoms with Gasteiger partial charge in [-0.25, -0.2) is 22.9 Å². The van der Waals surface area contributed by atoms with Gasteiger partial charge in [0.25, 0.3) is 0 Å². The first-order valence-corrected chi connectivity index (χ1v) is 6.65. The lowest BCUT2D eigenvalue weighted by Crippen LogP contribution is -2.27. The molecule has 0 amide bonds. The lowest BCUT2D eigenvalue weighted by molar-refractivity contribution is 0.0697. The van der Waals surface area contributed by atoms with Crippen molar-refractivity contribution in [3.05, 3.63) is 23.9 Å². The van der Waals surface area contributed by atoms with Gasteiger partial charge in [-0.3, -0.25) is 0 Å². The molecule has 0 saturated heterocycles. The summed E-state index contributed by atoms with van der Waals surface area (Å²) in [6.07, 6.45) is 2.44. The number of sulfonamides is 1. The summed E-state index contributed by atoms with van der Waals surface area (Å²) in [7, 11) is -3.20. The van der Waals surface area contributed by atoms with E-state index < -0.39 is 16.0 Å². The smallest absolute Gasteiger partial charge is 0.335 e. The van der Waals surface area contributed by atoms with Crippen LogP contribution in [0.2, 0.25) is 0 Å². The van der Waals surface area contributed by atoms with E-state index in [0.717, 1.165) is 6.26 Å². The molecule has 0 bridgehead atoms. The number of nitrogens with zero attached hydrogens (tertiary/aromatic N) is 1. The summed E-state index contributed by atoms with van der Waals surface area (Å²) in [5.41, 5.74) is 0.124. The number of aromatic carboxylic acids is 1. The van der Waals surface area contributed by atoms with Crippen LogP contribution < -0.4 is 10.0 Å². The molecule has 1 aromatic rings. The fourth-order valence-electron chi connectivity index (χ4n) is 1.09. The van der Waals surface area contributed by atoms with Gasteiger partial charge in [-0.1, -0.05) is 0 Å². The number of aromatic nitrogens is 1. The molecule has 0 aliphatic heterocycles. The van der Waals surface area contributed by atoms with Gasteiger partial charge in [-0.15, -0.1) is 0 Å². The van der Waals surface area contributed by atoms with Gasteiger partial charge in [0.05, 0.1) is 11.8 Å². The number of carboxylic acid groups (broad SMARTS) is 1. The largest absolute Gasteiger partial charge is 0.478 e. The number of anilines is 1. The summed E-state index contributed by atoms with van der Waals surface area (Å²) >= 11 is 0. The third kappa shape index (κ3) is 5.27. The van der Waals surface area contributed by atoms with Crippen LogP contribution in [-0.2, 0) is 10.0 Å². The number of carboxylic acids is 1. The number of rotatable bonds is 6. The number of carbonyl (C=O) groups is 1. The summed E-state index contributed by atoms with van der Waals surface area (Å²) in [5, 5.41) is 11.6.